The van der Waals surface area contributed by atoms with Crippen LogP contribution in [0, 0.1) is 0 Å². The van der Waals surface area contributed by atoms with Gasteiger partial charge in [-0.15, -0.1) is 0 Å². The molecule has 7 nitrogen and oxygen atoms in total. The lowest BCUT2D eigenvalue weighted by Crippen LogP contribution is -2.38. The molecule has 0 amide bonds. The van der Waals surface area contributed by atoms with Gasteiger partial charge in [-0.2, -0.15) is 4.31 Å². The predicted molar refractivity (Wildman–Crippen MR) is 119 cm³/mol. The molecular weight excluding hydrogens is 440 g/mol. The zero-order valence-corrected chi connectivity index (χ0v) is 18.6. The summed E-state index contributed by atoms with van der Waals surface area (Å²) in [6.45, 7) is 0.654. The Morgan fingerprint density at radius 3 is 2.74 bits per heavy atom. The molecule has 31 heavy (non-hydrogen) atoms. The van der Waals surface area contributed by atoms with Crippen molar-refractivity contribution >= 4 is 32.5 Å². The maximum Gasteiger partial charge on any atom is 0.252 e. The number of benzene rings is 2. The molecule has 4 rings (SSSR count). The molecule has 1 atom stereocenters. The molecule has 1 aromatic heterocycles. The highest BCUT2D eigenvalue weighted by molar-refractivity contribution is 7.89. The van der Waals surface area contributed by atoms with Gasteiger partial charge in [-0.3, -0.25) is 4.79 Å². The molecule has 1 aliphatic heterocycles. The van der Waals surface area contributed by atoms with E-state index in [1.807, 2.05) is 6.07 Å². The maximum atomic E-state index is 13.5. The fraction of sp³-hybridized carbons (Fsp3) is 0.318. The van der Waals surface area contributed by atoms with Crippen molar-refractivity contribution in [3.63, 3.8) is 0 Å². The van der Waals surface area contributed by atoms with Gasteiger partial charge in [-0.05, 0) is 48.6 Å². The SMILES string of the molecule is COc1ccc2cc(CN(C[C@@H]3CCCO3)S(=O)(=O)c3ccccc3Cl)c(=O)[nH]c2c1. The highest BCUT2D eigenvalue weighted by atomic mass is 35.5. The second-order valence-corrected chi connectivity index (χ2v) is 9.75. The quantitative estimate of drug-likeness (QED) is 0.580. The summed E-state index contributed by atoms with van der Waals surface area (Å²) in [4.78, 5) is 15.6. The number of fused-ring (bicyclic) bond motifs is 1. The monoisotopic (exact) mass is 462 g/mol. The van der Waals surface area contributed by atoms with Crippen LogP contribution in [-0.4, -0.2) is 44.1 Å². The van der Waals surface area contributed by atoms with Gasteiger partial charge in [0.25, 0.3) is 5.56 Å². The standard InChI is InChI=1S/C22H23ClN2O5S/c1-29-17-9-8-15-11-16(22(26)24-20(15)12-17)13-25(14-18-5-4-10-30-18)31(27,28)21-7-3-2-6-19(21)23/h2-3,6-9,11-12,18H,4-5,10,13-14H2,1H3,(H,24,26)/t18-/m0/s1. The van der Waals surface area contributed by atoms with Crippen molar-refractivity contribution in [2.24, 2.45) is 0 Å². The Hall–Kier alpha value is -2.39. The van der Waals surface area contributed by atoms with E-state index in [0.29, 0.717) is 23.4 Å². The Labute approximate surface area is 185 Å². The summed E-state index contributed by atoms with van der Waals surface area (Å²) in [5.74, 6) is 0.622. The van der Waals surface area contributed by atoms with Gasteiger partial charge in [-0.1, -0.05) is 23.7 Å². The number of aromatic amines is 1. The maximum absolute atomic E-state index is 13.5. The van der Waals surface area contributed by atoms with E-state index in [4.69, 9.17) is 21.1 Å². The molecule has 9 heteroatoms. The van der Waals surface area contributed by atoms with Crippen molar-refractivity contribution < 1.29 is 17.9 Å². The van der Waals surface area contributed by atoms with Gasteiger partial charge in [0.05, 0.1) is 23.8 Å². The average molecular weight is 463 g/mol. The van der Waals surface area contributed by atoms with Crippen LogP contribution in [0.3, 0.4) is 0 Å². The van der Waals surface area contributed by atoms with Crippen LogP contribution in [0.5, 0.6) is 5.75 Å². The molecule has 0 aliphatic carbocycles. The molecule has 0 radical (unpaired) electrons. The van der Waals surface area contributed by atoms with E-state index >= 15 is 0 Å². The Morgan fingerprint density at radius 2 is 2.03 bits per heavy atom. The van der Waals surface area contributed by atoms with E-state index in [1.54, 1.807) is 37.4 Å². The van der Waals surface area contributed by atoms with E-state index in [1.165, 1.54) is 16.4 Å². The molecule has 1 N–H and O–H groups in total. The van der Waals surface area contributed by atoms with Crippen molar-refractivity contribution in [3.05, 3.63) is 69.5 Å². The number of hydrogen-bond donors (Lipinski definition) is 1. The first-order valence-corrected chi connectivity index (χ1v) is 11.8. The number of rotatable bonds is 7. The van der Waals surface area contributed by atoms with Crippen LogP contribution in [0.4, 0.5) is 0 Å². The lowest BCUT2D eigenvalue weighted by atomic mass is 10.1. The van der Waals surface area contributed by atoms with Crippen LogP contribution in [0.15, 0.2) is 58.2 Å². The minimum atomic E-state index is -3.95. The topological polar surface area (TPSA) is 88.7 Å². The lowest BCUT2D eigenvalue weighted by Gasteiger charge is -2.25. The first-order chi connectivity index (χ1) is 14.9. The van der Waals surface area contributed by atoms with Crippen LogP contribution < -0.4 is 10.3 Å². The van der Waals surface area contributed by atoms with Gasteiger partial charge in [0.15, 0.2) is 0 Å². The van der Waals surface area contributed by atoms with Gasteiger partial charge >= 0.3 is 0 Å². The molecule has 1 saturated heterocycles. The van der Waals surface area contributed by atoms with Crippen molar-refractivity contribution in [1.82, 2.24) is 9.29 Å². The van der Waals surface area contributed by atoms with E-state index in [-0.39, 0.29) is 34.7 Å². The summed E-state index contributed by atoms with van der Waals surface area (Å²) in [7, 11) is -2.40. The fourth-order valence-corrected chi connectivity index (χ4v) is 5.66. The first kappa shape index (κ1) is 21.8. The van der Waals surface area contributed by atoms with Crippen molar-refractivity contribution in [1.29, 1.82) is 0 Å². The second-order valence-electron chi connectivity index (χ2n) is 7.44. The number of halogens is 1. The fourth-order valence-electron chi connectivity index (χ4n) is 3.72. The summed E-state index contributed by atoms with van der Waals surface area (Å²) in [6.07, 6.45) is 1.42. The van der Waals surface area contributed by atoms with Crippen molar-refractivity contribution in [2.75, 3.05) is 20.3 Å². The minimum Gasteiger partial charge on any atom is -0.497 e. The summed E-state index contributed by atoms with van der Waals surface area (Å²) in [5.41, 5.74) is 0.603. The van der Waals surface area contributed by atoms with Crippen LogP contribution in [-0.2, 0) is 21.3 Å². The number of ether oxygens (including phenoxy) is 2. The van der Waals surface area contributed by atoms with Crippen molar-refractivity contribution in [3.8, 4) is 5.75 Å². The smallest absolute Gasteiger partial charge is 0.252 e. The van der Waals surface area contributed by atoms with Crippen LogP contribution in [0.2, 0.25) is 5.02 Å². The van der Waals surface area contributed by atoms with E-state index < -0.39 is 10.0 Å². The van der Waals surface area contributed by atoms with E-state index in [2.05, 4.69) is 4.98 Å². The van der Waals surface area contributed by atoms with Crippen molar-refractivity contribution in [2.45, 2.75) is 30.4 Å². The number of pyridine rings is 1. The number of H-pyrrole nitrogens is 1. The largest absolute Gasteiger partial charge is 0.497 e. The zero-order valence-electron chi connectivity index (χ0n) is 17.0. The number of hydrogen-bond acceptors (Lipinski definition) is 5. The van der Waals surface area contributed by atoms with Crippen LogP contribution >= 0.6 is 11.6 Å². The Morgan fingerprint density at radius 1 is 1.23 bits per heavy atom. The van der Waals surface area contributed by atoms with Crippen LogP contribution in [0.25, 0.3) is 10.9 Å². The Kier molecular flexibility index (Phi) is 6.34. The second kappa shape index (κ2) is 9.00. The number of nitrogens with one attached hydrogen (secondary N) is 1. The molecule has 3 aromatic rings. The molecule has 1 fully saturated rings. The molecule has 1 aliphatic rings. The van der Waals surface area contributed by atoms with E-state index in [9.17, 15) is 13.2 Å². The number of sulfonamides is 1. The molecule has 0 spiro atoms. The molecule has 164 valence electrons. The Balaban J connectivity index is 1.73. The number of nitrogens with zero attached hydrogens (tertiary/aromatic N) is 1. The minimum absolute atomic E-state index is 0.0108. The highest BCUT2D eigenvalue weighted by Crippen LogP contribution is 2.27. The average Bonchev–Trinajstić information content (AvgIpc) is 3.26. The van der Waals surface area contributed by atoms with Gasteiger partial charge < -0.3 is 14.5 Å². The molecule has 0 bridgehead atoms. The Bertz CT molecular complexity index is 1250. The lowest BCUT2D eigenvalue weighted by molar-refractivity contribution is 0.0925. The zero-order chi connectivity index (χ0) is 22.0. The van der Waals surface area contributed by atoms with E-state index in [0.717, 1.165) is 18.2 Å². The molecule has 2 aromatic carbocycles. The molecule has 2 heterocycles. The normalized spacial score (nSPS) is 16.8. The summed E-state index contributed by atoms with van der Waals surface area (Å²) < 4.78 is 39.1. The summed E-state index contributed by atoms with van der Waals surface area (Å²) >= 11 is 6.19. The van der Waals surface area contributed by atoms with Crippen LogP contribution in [0.1, 0.15) is 18.4 Å². The van der Waals surface area contributed by atoms with Gasteiger partial charge in [-0.25, -0.2) is 8.42 Å². The van der Waals surface area contributed by atoms with Gasteiger partial charge in [0.2, 0.25) is 10.0 Å². The molecule has 0 unspecified atom stereocenters. The predicted octanol–water partition coefficient (Wildman–Crippen LogP) is 3.56. The third-order valence-corrected chi connectivity index (χ3v) is 7.67. The van der Waals surface area contributed by atoms with Gasteiger partial charge in [0, 0.05) is 31.3 Å². The number of aromatic nitrogens is 1. The highest BCUT2D eigenvalue weighted by Gasteiger charge is 2.31. The summed E-state index contributed by atoms with van der Waals surface area (Å²) in [5, 5.41) is 0.918. The number of methoxy groups -OCH3 is 1. The first-order valence-electron chi connectivity index (χ1n) is 9.95. The third-order valence-electron chi connectivity index (χ3n) is 5.36. The molecular formula is C22H23ClN2O5S. The van der Waals surface area contributed by atoms with Gasteiger partial charge in [0.1, 0.15) is 10.6 Å². The molecule has 0 saturated carbocycles. The summed E-state index contributed by atoms with van der Waals surface area (Å²) in [6, 6.07) is 13.3. The third kappa shape index (κ3) is 4.62.